The molecular formula is C12H12NS. The minimum Gasteiger partial charge on any atom is -0.238 e. The number of benzene rings is 1. The minimum atomic E-state index is 0.465. The largest absolute Gasteiger partial charge is 0.238 e. The zero-order chi connectivity index (χ0) is 9.97. The van der Waals surface area contributed by atoms with E-state index in [0.717, 1.165) is 5.69 Å². The molecule has 0 saturated carbocycles. The maximum absolute atomic E-state index is 4.29. The molecule has 14 heavy (non-hydrogen) atoms. The first kappa shape index (κ1) is 9.41. The highest BCUT2D eigenvalue weighted by molar-refractivity contribution is 7.13. The fourth-order valence-electron chi connectivity index (χ4n) is 1.41. The molecule has 0 N–H and O–H groups in total. The molecule has 1 aromatic heterocycles. The van der Waals surface area contributed by atoms with E-state index in [9.17, 15) is 0 Å². The molecule has 0 saturated heterocycles. The fourth-order valence-corrected chi connectivity index (χ4v) is 2.28. The maximum atomic E-state index is 4.29. The smallest absolute Gasteiger partial charge is 0.153 e. The number of hydrogen-bond acceptors (Lipinski definition) is 2. The van der Waals surface area contributed by atoms with Crippen LogP contribution in [0, 0.1) is 5.51 Å². The Labute approximate surface area is 88.4 Å². The standard InChI is InChI=1S/C12H12NS/c1-9(2)11-12(14-8-13-11)10-6-4-3-5-7-10/h3-7,9H,1-2H3. The van der Waals surface area contributed by atoms with Gasteiger partial charge in [0.2, 0.25) is 0 Å². The topological polar surface area (TPSA) is 12.9 Å². The molecule has 0 bridgehead atoms. The van der Waals surface area contributed by atoms with Crippen molar-refractivity contribution in [3.63, 3.8) is 0 Å². The van der Waals surface area contributed by atoms with Crippen LogP contribution in [0.1, 0.15) is 25.5 Å². The van der Waals surface area contributed by atoms with Crippen molar-refractivity contribution < 1.29 is 0 Å². The quantitative estimate of drug-likeness (QED) is 0.723. The molecule has 2 aromatic rings. The van der Waals surface area contributed by atoms with E-state index in [1.807, 2.05) is 6.07 Å². The highest BCUT2D eigenvalue weighted by Gasteiger charge is 2.11. The summed E-state index contributed by atoms with van der Waals surface area (Å²) >= 11 is 1.59. The van der Waals surface area contributed by atoms with E-state index in [1.165, 1.54) is 10.4 Å². The van der Waals surface area contributed by atoms with Crippen LogP contribution in [0.3, 0.4) is 0 Å². The lowest BCUT2D eigenvalue weighted by atomic mass is 10.1. The second kappa shape index (κ2) is 3.93. The first-order valence-electron chi connectivity index (χ1n) is 4.71. The van der Waals surface area contributed by atoms with Crippen molar-refractivity contribution in [2.24, 2.45) is 0 Å². The number of rotatable bonds is 2. The van der Waals surface area contributed by atoms with Crippen LogP contribution in [-0.4, -0.2) is 4.98 Å². The predicted octanol–water partition coefficient (Wildman–Crippen LogP) is 3.73. The number of thiazole rings is 1. The van der Waals surface area contributed by atoms with Crippen molar-refractivity contribution in [3.8, 4) is 10.4 Å². The Balaban J connectivity index is 2.47. The van der Waals surface area contributed by atoms with E-state index >= 15 is 0 Å². The van der Waals surface area contributed by atoms with Gasteiger partial charge in [-0.05, 0) is 11.5 Å². The minimum absolute atomic E-state index is 0.465. The molecule has 2 heteroatoms. The van der Waals surface area contributed by atoms with Gasteiger partial charge in [0.15, 0.2) is 5.51 Å². The SMILES string of the molecule is CC(C)c1n[c]sc1-c1ccccc1. The first-order chi connectivity index (χ1) is 6.79. The van der Waals surface area contributed by atoms with Crippen LogP contribution >= 0.6 is 11.3 Å². The van der Waals surface area contributed by atoms with E-state index in [4.69, 9.17) is 0 Å². The molecule has 0 unspecified atom stereocenters. The second-order valence-electron chi connectivity index (χ2n) is 3.54. The fraction of sp³-hybridized carbons (Fsp3) is 0.250. The van der Waals surface area contributed by atoms with Crippen molar-refractivity contribution in [1.82, 2.24) is 4.98 Å². The number of nitrogens with zero attached hydrogens (tertiary/aromatic N) is 1. The molecule has 1 radical (unpaired) electrons. The summed E-state index contributed by atoms with van der Waals surface area (Å²) in [6.07, 6.45) is 0. The van der Waals surface area contributed by atoms with Gasteiger partial charge in [0.1, 0.15) is 0 Å². The summed E-state index contributed by atoms with van der Waals surface area (Å²) in [7, 11) is 0. The number of hydrogen-bond donors (Lipinski definition) is 0. The summed E-state index contributed by atoms with van der Waals surface area (Å²) in [4.78, 5) is 5.54. The molecule has 0 aliphatic rings. The molecule has 0 spiro atoms. The van der Waals surface area contributed by atoms with E-state index < -0.39 is 0 Å². The van der Waals surface area contributed by atoms with E-state index in [1.54, 1.807) is 11.3 Å². The Bertz CT molecular complexity index is 403. The molecule has 0 amide bonds. The molecule has 0 aliphatic carbocycles. The van der Waals surface area contributed by atoms with Crippen molar-refractivity contribution in [3.05, 3.63) is 41.5 Å². The van der Waals surface area contributed by atoms with E-state index in [2.05, 4.69) is 48.6 Å². The Morgan fingerprint density at radius 1 is 1.21 bits per heavy atom. The lowest BCUT2D eigenvalue weighted by Gasteiger charge is -2.04. The van der Waals surface area contributed by atoms with Gasteiger partial charge < -0.3 is 0 Å². The molecule has 2 rings (SSSR count). The van der Waals surface area contributed by atoms with Crippen LogP contribution in [0.25, 0.3) is 10.4 Å². The first-order valence-corrected chi connectivity index (χ1v) is 5.53. The average molecular weight is 202 g/mol. The van der Waals surface area contributed by atoms with Crippen molar-refractivity contribution in [1.29, 1.82) is 0 Å². The van der Waals surface area contributed by atoms with Gasteiger partial charge in [-0.3, -0.25) is 0 Å². The molecule has 0 atom stereocenters. The highest BCUT2D eigenvalue weighted by atomic mass is 32.1. The summed E-state index contributed by atoms with van der Waals surface area (Å²) in [6, 6.07) is 10.4. The molecule has 71 valence electrons. The Morgan fingerprint density at radius 2 is 1.93 bits per heavy atom. The van der Waals surface area contributed by atoms with Crippen LogP contribution in [0.5, 0.6) is 0 Å². The average Bonchev–Trinajstić information content (AvgIpc) is 2.67. The van der Waals surface area contributed by atoms with Gasteiger partial charge in [-0.15, -0.1) is 11.3 Å². The summed E-state index contributed by atoms with van der Waals surface area (Å²) in [5.74, 6) is 0.465. The molecular weight excluding hydrogens is 190 g/mol. The normalized spacial score (nSPS) is 10.8. The molecule has 1 heterocycles. The van der Waals surface area contributed by atoms with Crippen molar-refractivity contribution in [2.75, 3.05) is 0 Å². The summed E-state index contributed by atoms with van der Waals surface area (Å²) in [6.45, 7) is 4.32. The Kier molecular flexibility index (Phi) is 2.64. The Hall–Kier alpha value is -1.15. The van der Waals surface area contributed by atoms with Crippen molar-refractivity contribution >= 4 is 11.3 Å². The van der Waals surface area contributed by atoms with Crippen LogP contribution in [-0.2, 0) is 0 Å². The third kappa shape index (κ3) is 1.70. The van der Waals surface area contributed by atoms with Gasteiger partial charge in [-0.25, -0.2) is 4.98 Å². The lowest BCUT2D eigenvalue weighted by Crippen LogP contribution is -1.89. The predicted molar refractivity (Wildman–Crippen MR) is 60.5 cm³/mol. The highest BCUT2D eigenvalue weighted by Crippen LogP contribution is 2.31. The zero-order valence-corrected chi connectivity index (χ0v) is 9.14. The summed E-state index contributed by atoms with van der Waals surface area (Å²) in [5, 5.41) is 0. The molecule has 0 aliphatic heterocycles. The molecule has 1 aromatic carbocycles. The van der Waals surface area contributed by atoms with Crippen LogP contribution in [0.15, 0.2) is 30.3 Å². The van der Waals surface area contributed by atoms with Crippen LogP contribution in [0.2, 0.25) is 0 Å². The number of aromatic nitrogens is 1. The Morgan fingerprint density at radius 3 is 2.57 bits per heavy atom. The third-order valence-electron chi connectivity index (χ3n) is 2.13. The van der Waals surface area contributed by atoms with Gasteiger partial charge in [0.05, 0.1) is 10.6 Å². The van der Waals surface area contributed by atoms with E-state index in [0.29, 0.717) is 5.92 Å². The van der Waals surface area contributed by atoms with Gasteiger partial charge in [-0.2, -0.15) is 0 Å². The molecule has 1 nitrogen and oxygen atoms in total. The molecule has 0 fully saturated rings. The monoisotopic (exact) mass is 202 g/mol. The van der Waals surface area contributed by atoms with Crippen LogP contribution in [0.4, 0.5) is 0 Å². The van der Waals surface area contributed by atoms with Gasteiger partial charge in [0.25, 0.3) is 0 Å². The van der Waals surface area contributed by atoms with Gasteiger partial charge in [0, 0.05) is 0 Å². The maximum Gasteiger partial charge on any atom is 0.153 e. The van der Waals surface area contributed by atoms with Crippen LogP contribution < -0.4 is 0 Å². The zero-order valence-electron chi connectivity index (χ0n) is 8.32. The van der Waals surface area contributed by atoms with Gasteiger partial charge >= 0.3 is 0 Å². The lowest BCUT2D eigenvalue weighted by molar-refractivity contribution is 0.834. The van der Waals surface area contributed by atoms with Crippen molar-refractivity contribution in [2.45, 2.75) is 19.8 Å². The van der Waals surface area contributed by atoms with Gasteiger partial charge in [-0.1, -0.05) is 44.2 Å². The third-order valence-corrected chi connectivity index (χ3v) is 2.96. The van der Waals surface area contributed by atoms with E-state index in [-0.39, 0.29) is 0 Å². The summed E-state index contributed by atoms with van der Waals surface area (Å²) < 4.78 is 0. The second-order valence-corrected chi connectivity index (χ2v) is 4.34. The summed E-state index contributed by atoms with van der Waals surface area (Å²) in [5.41, 5.74) is 5.37.